The Balaban J connectivity index is 2.33. The maximum absolute atomic E-state index is 10.7. The predicted octanol–water partition coefficient (Wildman–Crippen LogP) is 2.75. The van der Waals surface area contributed by atoms with Crippen LogP contribution in [0, 0.1) is 21.4 Å². The molecular weight excluding hydrogens is 260 g/mol. The van der Waals surface area contributed by atoms with Crippen molar-refractivity contribution in [2.24, 2.45) is 0 Å². The molecule has 2 rings (SSSR count). The van der Waals surface area contributed by atoms with Crippen molar-refractivity contribution in [2.45, 2.75) is 6.61 Å². The molecule has 1 N–H and O–H groups in total. The van der Waals surface area contributed by atoms with Gasteiger partial charge >= 0.3 is 0 Å². The molecular formula is C14H10N2O4. The molecule has 0 fully saturated rings. The lowest BCUT2D eigenvalue weighted by Gasteiger charge is -2.09. The van der Waals surface area contributed by atoms with Gasteiger partial charge in [-0.15, -0.1) is 0 Å². The zero-order chi connectivity index (χ0) is 14.5. The van der Waals surface area contributed by atoms with Gasteiger partial charge in [0.1, 0.15) is 11.5 Å². The molecule has 0 aliphatic rings. The van der Waals surface area contributed by atoms with Gasteiger partial charge in [0.25, 0.3) is 5.69 Å². The highest BCUT2D eigenvalue weighted by Gasteiger charge is 2.12. The van der Waals surface area contributed by atoms with Crippen molar-refractivity contribution in [1.82, 2.24) is 0 Å². The molecule has 0 saturated carbocycles. The SMILES string of the molecule is N#Cc1cccc(Oc2ccc([N+](=O)[O-])cc2CO)c1. The number of non-ortho nitro benzene ring substituents is 1. The Morgan fingerprint density at radius 3 is 2.75 bits per heavy atom. The van der Waals surface area contributed by atoms with Gasteiger partial charge in [-0.25, -0.2) is 0 Å². The Bertz CT molecular complexity index is 692. The molecule has 0 radical (unpaired) electrons. The Morgan fingerprint density at radius 1 is 1.30 bits per heavy atom. The van der Waals surface area contributed by atoms with E-state index in [0.29, 0.717) is 22.6 Å². The number of hydrogen-bond acceptors (Lipinski definition) is 5. The first-order valence-electron chi connectivity index (χ1n) is 5.70. The van der Waals surface area contributed by atoms with Crippen LogP contribution in [0.2, 0.25) is 0 Å². The Hall–Kier alpha value is -2.91. The second-order valence-corrected chi connectivity index (χ2v) is 3.95. The highest BCUT2D eigenvalue weighted by atomic mass is 16.6. The number of hydrogen-bond donors (Lipinski definition) is 1. The fourth-order valence-electron chi connectivity index (χ4n) is 1.66. The minimum atomic E-state index is -0.542. The van der Waals surface area contributed by atoms with Crippen LogP contribution in [-0.4, -0.2) is 10.0 Å². The third kappa shape index (κ3) is 2.91. The molecule has 6 nitrogen and oxygen atoms in total. The van der Waals surface area contributed by atoms with Gasteiger partial charge in [-0.2, -0.15) is 5.26 Å². The van der Waals surface area contributed by atoms with Crippen molar-refractivity contribution in [3.8, 4) is 17.6 Å². The molecule has 0 aliphatic heterocycles. The van der Waals surface area contributed by atoms with Crippen LogP contribution in [0.15, 0.2) is 42.5 Å². The molecule has 0 amide bonds. The molecule has 2 aromatic carbocycles. The van der Waals surface area contributed by atoms with E-state index in [1.165, 1.54) is 18.2 Å². The lowest BCUT2D eigenvalue weighted by molar-refractivity contribution is -0.385. The molecule has 0 heterocycles. The van der Waals surface area contributed by atoms with Crippen LogP contribution in [0.5, 0.6) is 11.5 Å². The minimum Gasteiger partial charge on any atom is -0.457 e. The standard InChI is InChI=1S/C14H10N2O4/c15-8-10-2-1-3-13(6-10)20-14-5-4-12(16(18)19)7-11(14)9-17/h1-7,17H,9H2. The maximum atomic E-state index is 10.7. The van der Waals surface area contributed by atoms with Crippen molar-refractivity contribution in [2.75, 3.05) is 0 Å². The zero-order valence-corrected chi connectivity index (χ0v) is 10.3. The average Bonchev–Trinajstić information content (AvgIpc) is 2.47. The van der Waals surface area contributed by atoms with E-state index >= 15 is 0 Å². The number of ether oxygens (including phenoxy) is 1. The highest BCUT2D eigenvalue weighted by molar-refractivity contribution is 5.46. The number of nitrogens with zero attached hydrogens (tertiary/aromatic N) is 2. The maximum Gasteiger partial charge on any atom is 0.270 e. The van der Waals surface area contributed by atoms with Crippen molar-refractivity contribution >= 4 is 5.69 Å². The van der Waals surface area contributed by atoms with Gasteiger partial charge in [-0.3, -0.25) is 10.1 Å². The quantitative estimate of drug-likeness (QED) is 0.680. The molecule has 0 unspecified atom stereocenters. The normalized spacial score (nSPS) is 9.80. The first-order chi connectivity index (χ1) is 9.63. The summed E-state index contributed by atoms with van der Waals surface area (Å²) in [6.45, 7) is -0.380. The van der Waals surface area contributed by atoms with Gasteiger partial charge in [0.15, 0.2) is 0 Å². The summed E-state index contributed by atoms with van der Waals surface area (Å²) < 4.78 is 5.54. The summed E-state index contributed by atoms with van der Waals surface area (Å²) in [4.78, 5) is 10.1. The molecule has 0 spiro atoms. The number of nitro benzene ring substituents is 1. The van der Waals surface area contributed by atoms with E-state index in [2.05, 4.69) is 0 Å². The van der Waals surface area contributed by atoms with Gasteiger partial charge in [0.05, 0.1) is 23.2 Å². The van der Waals surface area contributed by atoms with Crippen LogP contribution in [0.25, 0.3) is 0 Å². The third-order valence-corrected chi connectivity index (χ3v) is 2.62. The van der Waals surface area contributed by atoms with Crippen molar-refractivity contribution in [3.05, 3.63) is 63.7 Å². The number of nitriles is 1. The third-order valence-electron chi connectivity index (χ3n) is 2.62. The van der Waals surface area contributed by atoms with Crippen molar-refractivity contribution < 1.29 is 14.8 Å². The van der Waals surface area contributed by atoms with Gasteiger partial charge in [0.2, 0.25) is 0 Å². The van der Waals surface area contributed by atoms with Crippen LogP contribution < -0.4 is 4.74 Å². The Morgan fingerprint density at radius 2 is 2.10 bits per heavy atom. The fourth-order valence-corrected chi connectivity index (χ4v) is 1.66. The largest absolute Gasteiger partial charge is 0.457 e. The smallest absolute Gasteiger partial charge is 0.270 e. The molecule has 0 bridgehead atoms. The van der Waals surface area contributed by atoms with E-state index < -0.39 is 4.92 Å². The van der Waals surface area contributed by atoms with Crippen LogP contribution >= 0.6 is 0 Å². The first kappa shape index (κ1) is 13.5. The van der Waals surface area contributed by atoms with E-state index in [9.17, 15) is 15.2 Å². The van der Waals surface area contributed by atoms with Crippen molar-refractivity contribution in [1.29, 1.82) is 5.26 Å². The van der Waals surface area contributed by atoms with Crippen molar-refractivity contribution in [3.63, 3.8) is 0 Å². The molecule has 0 atom stereocenters. The number of rotatable bonds is 4. The van der Waals surface area contributed by atoms with E-state index in [1.54, 1.807) is 24.3 Å². The summed E-state index contributed by atoms with van der Waals surface area (Å²) >= 11 is 0. The van der Waals surface area contributed by atoms with E-state index in [-0.39, 0.29) is 12.3 Å². The molecule has 2 aromatic rings. The minimum absolute atomic E-state index is 0.118. The first-order valence-corrected chi connectivity index (χ1v) is 5.70. The topological polar surface area (TPSA) is 96.4 Å². The molecule has 6 heteroatoms. The second-order valence-electron chi connectivity index (χ2n) is 3.95. The second kappa shape index (κ2) is 5.82. The van der Waals surface area contributed by atoms with E-state index in [1.807, 2.05) is 6.07 Å². The van der Waals surface area contributed by atoms with Gasteiger partial charge in [-0.1, -0.05) is 6.07 Å². The summed E-state index contributed by atoms with van der Waals surface area (Å²) in [5.74, 6) is 0.737. The summed E-state index contributed by atoms with van der Waals surface area (Å²) in [5.41, 5.74) is 0.628. The number of nitro groups is 1. The molecule has 20 heavy (non-hydrogen) atoms. The molecule has 100 valence electrons. The molecule has 0 aromatic heterocycles. The summed E-state index contributed by atoms with van der Waals surface area (Å²) in [6, 6.07) is 12.5. The van der Waals surface area contributed by atoms with Gasteiger partial charge in [0, 0.05) is 17.7 Å². The lowest BCUT2D eigenvalue weighted by Crippen LogP contribution is -1.95. The van der Waals surface area contributed by atoms with E-state index in [0.717, 1.165) is 0 Å². The summed E-state index contributed by atoms with van der Waals surface area (Å²) in [5, 5.41) is 28.7. The number of benzene rings is 2. The highest BCUT2D eigenvalue weighted by Crippen LogP contribution is 2.29. The number of aliphatic hydroxyl groups is 1. The van der Waals surface area contributed by atoms with E-state index in [4.69, 9.17) is 10.00 Å². The van der Waals surface area contributed by atoms with Crippen LogP contribution in [0.3, 0.4) is 0 Å². The Kier molecular flexibility index (Phi) is 3.93. The monoisotopic (exact) mass is 270 g/mol. The van der Waals surface area contributed by atoms with Gasteiger partial charge < -0.3 is 9.84 Å². The van der Waals surface area contributed by atoms with Crippen LogP contribution in [-0.2, 0) is 6.61 Å². The van der Waals surface area contributed by atoms with Crippen LogP contribution in [0.4, 0.5) is 5.69 Å². The lowest BCUT2D eigenvalue weighted by atomic mass is 10.2. The Labute approximate surface area is 114 Å². The predicted molar refractivity (Wildman–Crippen MR) is 70.3 cm³/mol. The van der Waals surface area contributed by atoms with Gasteiger partial charge in [-0.05, 0) is 24.3 Å². The summed E-state index contributed by atoms with van der Waals surface area (Å²) in [7, 11) is 0. The summed E-state index contributed by atoms with van der Waals surface area (Å²) in [6.07, 6.45) is 0. The average molecular weight is 270 g/mol. The molecule has 0 aliphatic carbocycles. The molecule has 0 saturated heterocycles. The van der Waals surface area contributed by atoms with Crippen LogP contribution in [0.1, 0.15) is 11.1 Å². The number of aliphatic hydroxyl groups excluding tert-OH is 1. The fraction of sp³-hybridized carbons (Fsp3) is 0.0714. The zero-order valence-electron chi connectivity index (χ0n) is 10.3.